The molecule has 1 N–H and O–H groups in total. The monoisotopic (exact) mass is 232 g/mol. The second kappa shape index (κ2) is 4.99. The maximum atomic E-state index is 11.7. The molecule has 1 heterocycles. The number of likely N-dealkylation sites (tertiary alicyclic amines) is 1. The molecule has 0 atom stereocenters. The second-order valence-corrected chi connectivity index (χ2v) is 4.29. The molecule has 1 aliphatic rings. The van der Waals surface area contributed by atoms with Gasteiger partial charge in [0.2, 0.25) is 11.8 Å². The van der Waals surface area contributed by atoms with Crippen molar-refractivity contribution in [2.24, 2.45) is 0 Å². The molecule has 1 aliphatic heterocycles. The Bertz CT molecular complexity index is 422. The summed E-state index contributed by atoms with van der Waals surface area (Å²) >= 11 is 0. The van der Waals surface area contributed by atoms with E-state index >= 15 is 0 Å². The van der Waals surface area contributed by atoms with Gasteiger partial charge in [0.05, 0.1) is 6.42 Å². The molecule has 1 aromatic carbocycles. The van der Waals surface area contributed by atoms with Crippen LogP contribution in [0, 0.1) is 0 Å². The van der Waals surface area contributed by atoms with Gasteiger partial charge in [0.15, 0.2) is 0 Å². The molecule has 0 bridgehead atoms. The Balaban J connectivity index is 1.93. The van der Waals surface area contributed by atoms with Crippen LogP contribution in [0.3, 0.4) is 0 Å². The fraction of sp³-hybridized carbons (Fsp3) is 0.385. The summed E-state index contributed by atoms with van der Waals surface area (Å²) in [6.45, 7) is 3.26. The van der Waals surface area contributed by atoms with Gasteiger partial charge in [0, 0.05) is 25.7 Å². The van der Waals surface area contributed by atoms with Crippen LogP contribution in [0.5, 0.6) is 0 Å². The van der Waals surface area contributed by atoms with Gasteiger partial charge in [-0.15, -0.1) is 0 Å². The van der Waals surface area contributed by atoms with Crippen molar-refractivity contribution in [2.45, 2.75) is 19.8 Å². The molecule has 17 heavy (non-hydrogen) atoms. The summed E-state index contributed by atoms with van der Waals surface area (Å²) in [5.74, 6) is 0.0953. The van der Waals surface area contributed by atoms with Crippen molar-refractivity contribution >= 4 is 17.5 Å². The number of carbonyl (C=O) groups is 2. The van der Waals surface area contributed by atoms with E-state index in [0.29, 0.717) is 6.42 Å². The minimum absolute atomic E-state index is 0.0885. The summed E-state index contributed by atoms with van der Waals surface area (Å²) in [4.78, 5) is 24.4. The average Bonchev–Trinajstić information content (AvgIpc) is 2.17. The van der Waals surface area contributed by atoms with E-state index in [9.17, 15) is 9.59 Å². The molecule has 2 amide bonds. The minimum atomic E-state index is -0.0885. The lowest BCUT2D eigenvalue weighted by atomic mass is 10.1. The topological polar surface area (TPSA) is 49.4 Å². The summed E-state index contributed by atoms with van der Waals surface area (Å²) in [6, 6.07) is 7.39. The lowest BCUT2D eigenvalue weighted by molar-refractivity contribution is -0.133. The highest BCUT2D eigenvalue weighted by Crippen LogP contribution is 2.13. The highest BCUT2D eigenvalue weighted by atomic mass is 16.2. The largest absolute Gasteiger partial charge is 0.342 e. The van der Waals surface area contributed by atoms with Crippen LogP contribution in [0.4, 0.5) is 5.69 Å². The number of nitrogens with one attached hydrogen (secondary N) is 1. The van der Waals surface area contributed by atoms with Gasteiger partial charge in [-0.3, -0.25) is 9.59 Å². The SMILES string of the molecule is CC(=O)Nc1ccc(CC(=O)N2CCC2)cc1. The van der Waals surface area contributed by atoms with Gasteiger partial charge in [0.1, 0.15) is 0 Å². The first-order chi connectivity index (χ1) is 8.15. The van der Waals surface area contributed by atoms with E-state index in [1.54, 1.807) is 0 Å². The third-order valence-corrected chi connectivity index (χ3v) is 2.84. The van der Waals surface area contributed by atoms with Crippen LogP contribution in [0.15, 0.2) is 24.3 Å². The number of benzene rings is 1. The fourth-order valence-corrected chi connectivity index (χ4v) is 1.76. The van der Waals surface area contributed by atoms with Crippen molar-refractivity contribution in [2.75, 3.05) is 18.4 Å². The van der Waals surface area contributed by atoms with Crippen molar-refractivity contribution in [1.82, 2.24) is 4.90 Å². The van der Waals surface area contributed by atoms with Gasteiger partial charge in [0.25, 0.3) is 0 Å². The molecule has 0 aliphatic carbocycles. The predicted octanol–water partition coefficient (Wildman–Crippen LogP) is 1.42. The number of anilines is 1. The van der Waals surface area contributed by atoms with Gasteiger partial charge in [-0.1, -0.05) is 12.1 Å². The van der Waals surface area contributed by atoms with Crippen LogP contribution in [0.2, 0.25) is 0 Å². The minimum Gasteiger partial charge on any atom is -0.342 e. The van der Waals surface area contributed by atoms with Gasteiger partial charge in [-0.05, 0) is 24.1 Å². The van der Waals surface area contributed by atoms with Crippen LogP contribution in [-0.2, 0) is 16.0 Å². The Morgan fingerprint density at radius 2 is 1.88 bits per heavy atom. The highest BCUT2D eigenvalue weighted by molar-refractivity contribution is 5.88. The number of hydrogen-bond donors (Lipinski definition) is 1. The van der Waals surface area contributed by atoms with Crippen LogP contribution in [0.1, 0.15) is 18.9 Å². The Hall–Kier alpha value is -1.84. The number of nitrogens with zero attached hydrogens (tertiary/aromatic N) is 1. The zero-order chi connectivity index (χ0) is 12.3. The van der Waals surface area contributed by atoms with Crippen LogP contribution in [0.25, 0.3) is 0 Å². The number of hydrogen-bond acceptors (Lipinski definition) is 2. The molecule has 4 heteroatoms. The maximum Gasteiger partial charge on any atom is 0.226 e. The van der Waals surface area contributed by atoms with E-state index in [-0.39, 0.29) is 11.8 Å². The lowest BCUT2D eigenvalue weighted by Crippen LogP contribution is -2.42. The molecular weight excluding hydrogens is 216 g/mol. The molecule has 0 spiro atoms. The Kier molecular flexibility index (Phi) is 3.42. The molecule has 0 unspecified atom stereocenters. The fourth-order valence-electron chi connectivity index (χ4n) is 1.76. The second-order valence-electron chi connectivity index (χ2n) is 4.29. The first-order valence-electron chi connectivity index (χ1n) is 5.79. The summed E-state index contributed by atoms with van der Waals surface area (Å²) < 4.78 is 0. The van der Waals surface area contributed by atoms with Crippen LogP contribution >= 0.6 is 0 Å². The van der Waals surface area contributed by atoms with Gasteiger partial charge in [-0.2, -0.15) is 0 Å². The summed E-state index contributed by atoms with van der Waals surface area (Å²) in [5, 5.41) is 2.70. The summed E-state index contributed by atoms with van der Waals surface area (Å²) in [6.07, 6.45) is 1.56. The first-order valence-corrected chi connectivity index (χ1v) is 5.79. The highest BCUT2D eigenvalue weighted by Gasteiger charge is 2.19. The molecule has 2 rings (SSSR count). The van der Waals surface area contributed by atoms with Crippen molar-refractivity contribution in [3.63, 3.8) is 0 Å². The molecule has 90 valence electrons. The quantitative estimate of drug-likeness (QED) is 0.856. The predicted molar refractivity (Wildman–Crippen MR) is 65.6 cm³/mol. The van der Waals surface area contributed by atoms with E-state index in [0.717, 1.165) is 30.8 Å². The van der Waals surface area contributed by atoms with Crippen molar-refractivity contribution < 1.29 is 9.59 Å². The third-order valence-electron chi connectivity index (χ3n) is 2.84. The average molecular weight is 232 g/mol. The Morgan fingerprint density at radius 1 is 1.24 bits per heavy atom. The lowest BCUT2D eigenvalue weighted by Gasteiger charge is -2.30. The standard InChI is InChI=1S/C13H16N2O2/c1-10(16)14-12-5-3-11(4-6-12)9-13(17)15-7-2-8-15/h3-6H,2,7-9H2,1H3,(H,14,16). The summed E-state index contributed by atoms with van der Waals surface area (Å²) in [5.41, 5.74) is 1.74. The van der Waals surface area contributed by atoms with Crippen molar-refractivity contribution in [1.29, 1.82) is 0 Å². The van der Waals surface area contributed by atoms with Gasteiger partial charge in [-0.25, -0.2) is 0 Å². The van der Waals surface area contributed by atoms with E-state index in [1.165, 1.54) is 6.92 Å². The molecule has 4 nitrogen and oxygen atoms in total. The molecule has 0 radical (unpaired) electrons. The molecule has 0 saturated carbocycles. The molecule has 0 aromatic heterocycles. The Morgan fingerprint density at radius 3 is 2.35 bits per heavy atom. The van der Waals surface area contributed by atoms with E-state index in [4.69, 9.17) is 0 Å². The maximum absolute atomic E-state index is 11.7. The zero-order valence-electron chi connectivity index (χ0n) is 9.90. The van der Waals surface area contributed by atoms with Gasteiger partial charge < -0.3 is 10.2 Å². The number of rotatable bonds is 3. The first kappa shape index (κ1) is 11.6. The molecular formula is C13H16N2O2. The molecule has 1 saturated heterocycles. The third kappa shape index (κ3) is 3.06. The molecule has 1 fully saturated rings. The van der Waals surface area contributed by atoms with E-state index < -0.39 is 0 Å². The Labute approximate surface area is 101 Å². The molecule has 1 aromatic rings. The van der Waals surface area contributed by atoms with Crippen LogP contribution in [-0.4, -0.2) is 29.8 Å². The number of amides is 2. The van der Waals surface area contributed by atoms with Gasteiger partial charge >= 0.3 is 0 Å². The smallest absolute Gasteiger partial charge is 0.226 e. The normalized spacial score (nSPS) is 14.1. The van der Waals surface area contributed by atoms with Crippen molar-refractivity contribution in [3.8, 4) is 0 Å². The van der Waals surface area contributed by atoms with E-state index in [2.05, 4.69) is 5.32 Å². The number of carbonyl (C=O) groups excluding carboxylic acids is 2. The van der Waals surface area contributed by atoms with Crippen LogP contribution < -0.4 is 5.32 Å². The van der Waals surface area contributed by atoms with E-state index in [1.807, 2.05) is 29.2 Å². The zero-order valence-corrected chi connectivity index (χ0v) is 9.90. The van der Waals surface area contributed by atoms with Crippen molar-refractivity contribution in [3.05, 3.63) is 29.8 Å². The summed E-state index contributed by atoms with van der Waals surface area (Å²) in [7, 11) is 0.